The van der Waals surface area contributed by atoms with Crippen molar-refractivity contribution < 1.29 is 14.5 Å². The number of benzene rings is 1. The van der Waals surface area contributed by atoms with Crippen molar-refractivity contribution in [3.8, 4) is 0 Å². The first-order valence-corrected chi connectivity index (χ1v) is 6.46. The Morgan fingerprint density at radius 3 is 2.62 bits per heavy atom. The summed E-state index contributed by atoms with van der Waals surface area (Å²) in [6.07, 6.45) is 0.0508. The molecule has 0 aliphatic carbocycles. The van der Waals surface area contributed by atoms with Gasteiger partial charge in [-0.05, 0) is 26.0 Å². The van der Waals surface area contributed by atoms with Crippen molar-refractivity contribution in [2.45, 2.75) is 26.3 Å². The van der Waals surface area contributed by atoms with Crippen LogP contribution in [0.2, 0.25) is 0 Å². The minimum absolute atomic E-state index is 0.0508. The Hall–Kier alpha value is -2.64. The average Bonchev–Trinajstić information content (AvgIpc) is 2.38. The Balaban J connectivity index is 3.02. The van der Waals surface area contributed by atoms with Crippen LogP contribution in [0.4, 0.5) is 11.4 Å². The van der Waals surface area contributed by atoms with Crippen molar-refractivity contribution in [1.29, 1.82) is 0 Å². The average molecular weight is 294 g/mol. The Kier molecular flexibility index (Phi) is 5.65. The molecule has 0 spiro atoms. The summed E-state index contributed by atoms with van der Waals surface area (Å²) in [6, 6.07) is 3.78. The highest BCUT2D eigenvalue weighted by molar-refractivity contribution is 5.95. The van der Waals surface area contributed by atoms with Crippen LogP contribution in [-0.2, 0) is 4.79 Å². The molecule has 8 nitrogen and oxygen atoms in total. The van der Waals surface area contributed by atoms with E-state index in [4.69, 9.17) is 5.73 Å². The number of hydrogen-bond acceptors (Lipinski definition) is 5. The number of nitro groups is 1. The third-order valence-electron chi connectivity index (χ3n) is 2.70. The van der Waals surface area contributed by atoms with Crippen molar-refractivity contribution in [2.75, 3.05) is 11.9 Å². The number of nitrogens with zero attached hydrogens (tertiary/aromatic N) is 1. The number of hydrogen-bond donors (Lipinski definition) is 3. The van der Waals surface area contributed by atoms with Crippen molar-refractivity contribution in [2.24, 2.45) is 5.73 Å². The third kappa shape index (κ3) is 4.75. The van der Waals surface area contributed by atoms with Gasteiger partial charge in [0, 0.05) is 30.6 Å². The normalized spacial score (nSPS) is 11.5. The lowest BCUT2D eigenvalue weighted by atomic mass is 10.1. The molecule has 0 aromatic heterocycles. The molecule has 0 aliphatic rings. The van der Waals surface area contributed by atoms with Gasteiger partial charge in [-0.1, -0.05) is 0 Å². The minimum Gasteiger partial charge on any atom is -0.377 e. The largest absolute Gasteiger partial charge is 0.377 e. The van der Waals surface area contributed by atoms with E-state index in [-0.39, 0.29) is 35.3 Å². The summed E-state index contributed by atoms with van der Waals surface area (Å²) in [6.45, 7) is 3.88. The summed E-state index contributed by atoms with van der Waals surface area (Å²) >= 11 is 0. The van der Waals surface area contributed by atoms with E-state index >= 15 is 0 Å². The highest BCUT2D eigenvalue weighted by atomic mass is 16.6. The zero-order valence-electron chi connectivity index (χ0n) is 11.9. The molecule has 2 amide bonds. The molecule has 1 aromatic rings. The molecular weight excluding hydrogens is 276 g/mol. The van der Waals surface area contributed by atoms with Crippen molar-refractivity contribution >= 4 is 23.2 Å². The second kappa shape index (κ2) is 7.22. The highest BCUT2D eigenvalue weighted by Crippen LogP contribution is 2.26. The second-order valence-electron chi connectivity index (χ2n) is 4.56. The fourth-order valence-electron chi connectivity index (χ4n) is 1.83. The van der Waals surface area contributed by atoms with E-state index in [9.17, 15) is 19.7 Å². The number of nitro benzene ring substituents is 1. The van der Waals surface area contributed by atoms with Gasteiger partial charge in [0.15, 0.2) is 0 Å². The maximum Gasteiger partial charge on any atom is 0.293 e. The summed E-state index contributed by atoms with van der Waals surface area (Å²) in [4.78, 5) is 33.0. The number of nitrogens with one attached hydrogen (secondary N) is 2. The molecule has 1 atom stereocenters. The van der Waals surface area contributed by atoms with E-state index < -0.39 is 10.8 Å². The molecule has 1 unspecified atom stereocenters. The molecule has 8 heteroatoms. The molecule has 0 aliphatic heterocycles. The van der Waals surface area contributed by atoms with Crippen LogP contribution in [-0.4, -0.2) is 29.3 Å². The molecule has 1 rings (SSSR count). The standard InChI is InChI=1S/C13H18N4O4/c1-3-15-13(19)9-4-5-10(11(7-9)17(20)21)16-8(2)6-12(14)18/h4-5,7-8,16H,3,6H2,1-2H3,(H2,14,18)(H,15,19). The molecule has 114 valence electrons. The summed E-state index contributed by atoms with van der Waals surface area (Å²) in [5.41, 5.74) is 5.29. The number of nitrogens with two attached hydrogens (primary N) is 1. The number of carbonyl (C=O) groups excluding carboxylic acids is 2. The van der Waals surface area contributed by atoms with Gasteiger partial charge in [-0.15, -0.1) is 0 Å². The first kappa shape index (κ1) is 16.4. The lowest BCUT2D eigenvalue weighted by Gasteiger charge is -2.14. The van der Waals surface area contributed by atoms with Crippen molar-refractivity contribution in [3.05, 3.63) is 33.9 Å². The maximum atomic E-state index is 11.7. The number of amides is 2. The van der Waals surface area contributed by atoms with Gasteiger partial charge in [-0.3, -0.25) is 19.7 Å². The summed E-state index contributed by atoms with van der Waals surface area (Å²) < 4.78 is 0. The fourth-order valence-corrected chi connectivity index (χ4v) is 1.83. The van der Waals surface area contributed by atoms with E-state index in [1.165, 1.54) is 18.2 Å². The van der Waals surface area contributed by atoms with E-state index in [0.29, 0.717) is 6.54 Å². The van der Waals surface area contributed by atoms with Gasteiger partial charge < -0.3 is 16.4 Å². The molecule has 0 saturated carbocycles. The summed E-state index contributed by atoms with van der Waals surface area (Å²) in [5.74, 6) is -0.881. The van der Waals surface area contributed by atoms with Crippen LogP contribution in [0.5, 0.6) is 0 Å². The molecule has 0 saturated heterocycles. The van der Waals surface area contributed by atoms with Crippen LogP contribution in [0, 0.1) is 10.1 Å². The smallest absolute Gasteiger partial charge is 0.293 e. The third-order valence-corrected chi connectivity index (χ3v) is 2.70. The first-order chi connectivity index (χ1) is 9.85. The molecule has 1 aromatic carbocycles. The fraction of sp³-hybridized carbons (Fsp3) is 0.385. The Morgan fingerprint density at radius 2 is 2.10 bits per heavy atom. The summed E-state index contributed by atoms with van der Waals surface area (Å²) in [7, 11) is 0. The van der Waals surface area contributed by atoms with Gasteiger partial charge >= 0.3 is 0 Å². The van der Waals surface area contributed by atoms with Gasteiger partial charge in [-0.25, -0.2) is 0 Å². The molecule has 21 heavy (non-hydrogen) atoms. The highest BCUT2D eigenvalue weighted by Gasteiger charge is 2.19. The molecule has 0 radical (unpaired) electrons. The van der Waals surface area contributed by atoms with Gasteiger partial charge in [0.05, 0.1) is 4.92 Å². The van der Waals surface area contributed by atoms with Crippen LogP contribution < -0.4 is 16.4 Å². The van der Waals surface area contributed by atoms with Gasteiger partial charge in [0.25, 0.3) is 11.6 Å². The number of carbonyl (C=O) groups is 2. The number of primary amides is 1. The van der Waals surface area contributed by atoms with Crippen LogP contribution in [0.15, 0.2) is 18.2 Å². The Labute approximate surface area is 121 Å². The molecule has 0 heterocycles. The zero-order valence-corrected chi connectivity index (χ0v) is 11.9. The predicted octanol–water partition coefficient (Wildman–Crippen LogP) is 1.02. The quantitative estimate of drug-likeness (QED) is 0.511. The van der Waals surface area contributed by atoms with E-state index in [2.05, 4.69) is 10.6 Å². The monoisotopic (exact) mass is 294 g/mol. The van der Waals surface area contributed by atoms with E-state index in [1.807, 2.05) is 0 Å². The number of rotatable bonds is 7. The van der Waals surface area contributed by atoms with E-state index in [0.717, 1.165) is 0 Å². The Bertz CT molecular complexity index is 559. The van der Waals surface area contributed by atoms with Gasteiger partial charge in [0.2, 0.25) is 5.91 Å². The predicted molar refractivity (Wildman–Crippen MR) is 78.0 cm³/mol. The lowest BCUT2D eigenvalue weighted by Crippen LogP contribution is -2.25. The SMILES string of the molecule is CCNC(=O)c1ccc(NC(C)CC(N)=O)c([N+](=O)[O-])c1. The molecule has 0 fully saturated rings. The first-order valence-electron chi connectivity index (χ1n) is 6.46. The molecule has 0 bridgehead atoms. The lowest BCUT2D eigenvalue weighted by molar-refractivity contribution is -0.384. The Morgan fingerprint density at radius 1 is 1.43 bits per heavy atom. The van der Waals surface area contributed by atoms with Crippen LogP contribution in [0.1, 0.15) is 30.6 Å². The van der Waals surface area contributed by atoms with Crippen LogP contribution >= 0.6 is 0 Å². The molecular formula is C13H18N4O4. The summed E-state index contributed by atoms with van der Waals surface area (Å²) in [5, 5.41) is 16.5. The van der Waals surface area contributed by atoms with E-state index in [1.54, 1.807) is 13.8 Å². The number of anilines is 1. The second-order valence-corrected chi connectivity index (χ2v) is 4.56. The van der Waals surface area contributed by atoms with Gasteiger partial charge in [-0.2, -0.15) is 0 Å². The maximum absolute atomic E-state index is 11.7. The molecule has 4 N–H and O–H groups in total. The minimum atomic E-state index is -0.581. The van der Waals surface area contributed by atoms with Gasteiger partial charge in [0.1, 0.15) is 5.69 Å². The van der Waals surface area contributed by atoms with Crippen LogP contribution in [0.25, 0.3) is 0 Å². The van der Waals surface area contributed by atoms with Crippen LogP contribution in [0.3, 0.4) is 0 Å². The zero-order chi connectivity index (χ0) is 16.0. The van der Waals surface area contributed by atoms with Crippen molar-refractivity contribution in [3.63, 3.8) is 0 Å². The van der Waals surface area contributed by atoms with Crippen molar-refractivity contribution in [1.82, 2.24) is 5.32 Å². The topological polar surface area (TPSA) is 127 Å².